The van der Waals surface area contributed by atoms with Crippen molar-refractivity contribution >= 4 is 21.6 Å². The van der Waals surface area contributed by atoms with Gasteiger partial charge in [0.05, 0.1) is 10.2 Å². The quantitative estimate of drug-likeness (QED) is 0.782. The van der Waals surface area contributed by atoms with Crippen LogP contribution in [-0.4, -0.2) is 25.2 Å². The maximum atomic E-state index is 4.99. The smallest absolute Gasteiger partial charge is 0.108 e. The Hall–Kier alpha value is -0.970. The van der Waals surface area contributed by atoms with Crippen molar-refractivity contribution in [3.8, 4) is 0 Å². The summed E-state index contributed by atoms with van der Waals surface area (Å²) in [5.74, 6) is 0. The number of hydrogen-bond acceptors (Lipinski definition) is 4. The molecule has 0 aliphatic carbocycles. The maximum absolute atomic E-state index is 4.99. The van der Waals surface area contributed by atoms with Crippen molar-refractivity contribution in [3.63, 3.8) is 0 Å². The van der Waals surface area contributed by atoms with Crippen LogP contribution in [0.4, 0.5) is 0 Å². The topological polar surface area (TPSA) is 34.1 Å². The molecule has 0 saturated heterocycles. The molecule has 0 atom stereocenters. The predicted molar refractivity (Wildman–Crippen MR) is 67.8 cm³/mol. The Labute approximate surface area is 99.5 Å². The van der Waals surface area contributed by atoms with E-state index in [4.69, 9.17) is 4.74 Å². The molecule has 3 nitrogen and oxygen atoms in total. The summed E-state index contributed by atoms with van der Waals surface area (Å²) in [4.78, 5) is 4.56. The van der Waals surface area contributed by atoms with E-state index in [-0.39, 0.29) is 0 Å². The van der Waals surface area contributed by atoms with Crippen molar-refractivity contribution in [1.29, 1.82) is 0 Å². The summed E-state index contributed by atoms with van der Waals surface area (Å²) >= 11 is 1.76. The summed E-state index contributed by atoms with van der Waals surface area (Å²) in [6.45, 7) is 2.64. The Bertz CT molecular complexity index is 408. The Balaban J connectivity index is 1.85. The largest absolute Gasteiger partial charge is 0.385 e. The fourth-order valence-electron chi connectivity index (χ4n) is 1.53. The number of methoxy groups -OCH3 is 1. The first-order chi connectivity index (χ1) is 7.90. The zero-order chi connectivity index (χ0) is 11.2. The average molecular weight is 236 g/mol. The molecule has 4 heteroatoms. The molecule has 0 bridgehead atoms. The van der Waals surface area contributed by atoms with Crippen LogP contribution in [0.1, 0.15) is 11.4 Å². The normalized spacial score (nSPS) is 11.1. The van der Waals surface area contributed by atoms with Crippen molar-refractivity contribution in [2.24, 2.45) is 0 Å². The Kier molecular flexibility index (Phi) is 4.27. The van der Waals surface area contributed by atoms with E-state index in [9.17, 15) is 0 Å². The lowest BCUT2D eigenvalue weighted by atomic mass is 10.3. The Morgan fingerprint density at radius 2 is 2.25 bits per heavy atom. The third kappa shape index (κ3) is 3.01. The molecule has 0 amide bonds. The number of rotatable bonds is 6. The van der Waals surface area contributed by atoms with Crippen molar-refractivity contribution in [2.45, 2.75) is 13.0 Å². The van der Waals surface area contributed by atoms with E-state index in [0.717, 1.165) is 36.6 Å². The second-order valence-corrected chi connectivity index (χ2v) is 4.71. The van der Waals surface area contributed by atoms with Gasteiger partial charge in [0.15, 0.2) is 0 Å². The summed E-state index contributed by atoms with van der Waals surface area (Å²) in [6, 6.07) is 8.25. The number of nitrogens with one attached hydrogen (secondary N) is 1. The van der Waals surface area contributed by atoms with Crippen LogP contribution in [0, 0.1) is 0 Å². The maximum Gasteiger partial charge on any atom is 0.108 e. The molecule has 0 spiro atoms. The molecule has 0 aliphatic rings. The molecular weight excluding hydrogens is 220 g/mol. The van der Waals surface area contributed by atoms with Crippen LogP contribution in [-0.2, 0) is 11.3 Å². The number of nitrogens with zero attached hydrogens (tertiary/aromatic N) is 1. The zero-order valence-corrected chi connectivity index (χ0v) is 10.2. The second kappa shape index (κ2) is 5.94. The fourth-order valence-corrected chi connectivity index (χ4v) is 2.47. The first-order valence-corrected chi connectivity index (χ1v) is 6.26. The highest BCUT2D eigenvalue weighted by molar-refractivity contribution is 7.18. The minimum absolute atomic E-state index is 0.812. The van der Waals surface area contributed by atoms with Gasteiger partial charge in [-0.05, 0) is 25.1 Å². The summed E-state index contributed by atoms with van der Waals surface area (Å²) < 4.78 is 6.25. The van der Waals surface area contributed by atoms with Gasteiger partial charge in [-0.25, -0.2) is 4.98 Å². The van der Waals surface area contributed by atoms with E-state index >= 15 is 0 Å². The van der Waals surface area contributed by atoms with E-state index in [1.54, 1.807) is 18.4 Å². The van der Waals surface area contributed by atoms with E-state index < -0.39 is 0 Å². The third-order valence-electron chi connectivity index (χ3n) is 2.32. The van der Waals surface area contributed by atoms with Gasteiger partial charge in [-0.15, -0.1) is 11.3 Å². The van der Waals surface area contributed by atoms with Crippen LogP contribution in [0.3, 0.4) is 0 Å². The molecule has 0 saturated carbocycles. The summed E-state index contributed by atoms with van der Waals surface area (Å²) in [5.41, 5.74) is 1.10. The summed E-state index contributed by atoms with van der Waals surface area (Å²) in [5, 5.41) is 4.52. The highest BCUT2D eigenvalue weighted by atomic mass is 32.1. The number of para-hydroxylation sites is 1. The number of ether oxygens (including phenoxy) is 1. The molecule has 16 heavy (non-hydrogen) atoms. The van der Waals surface area contributed by atoms with Crippen LogP contribution in [0.5, 0.6) is 0 Å². The van der Waals surface area contributed by atoms with Gasteiger partial charge in [0.25, 0.3) is 0 Å². The van der Waals surface area contributed by atoms with Crippen LogP contribution in [0.2, 0.25) is 0 Å². The minimum Gasteiger partial charge on any atom is -0.385 e. The lowest BCUT2D eigenvalue weighted by molar-refractivity contribution is 0.194. The molecule has 1 aromatic carbocycles. The van der Waals surface area contributed by atoms with Gasteiger partial charge >= 0.3 is 0 Å². The number of fused-ring (bicyclic) bond motifs is 1. The van der Waals surface area contributed by atoms with Gasteiger partial charge in [-0.3, -0.25) is 0 Å². The van der Waals surface area contributed by atoms with Gasteiger partial charge in [0.1, 0.15) is 5.01 Å². The highest BCUT2D eigenvalue weighted by Crippen LogP contribution is 2.21. The van der Waals surface area contributed by atoms with Crippen LogP contribution >= 0.6 is 11.3 Å². The van der Waals surface area contributed by atoms with E-state index in [0.29, 0.717) is 0 Å². The molecule has 0 fully saturated rings. The number of thiazole rings is 1. The highest BCUT2D eigenvalue weighted by Gasteiger charge is 2.01. The second-order valence-electron chi connectivity index (χ2n) is 3.60. The molecule has 1 heterocycles. The van der Waals surface area contributed by atoms with Gasteiger partial charge in [-0.2, -0.15) is 0 Å². The van der Waals surface area contributed by atoms with Crippen molar-refractivity contribution in [3.05, 3.63) is 29.3 Å². The lowest BCUT2D eigenvalue weighted by Crippen LogP contribution is -2.15. The number of benzene rings is 1. The van der Waals surface area contributed by atoms with Gasteiger partial charge in [0.2, 0.25) is 0 Å². The fraction of sp³-hybridized carbons (Fsp3) is 0.417. The van der Waals surface area contributed by atoms with Crippen molar-refractivity contribution < 1.29 is 4.74 Å². The third-order valence-corrected chi connectivity index (χ3v) is 3.35. The first kappa shape index (κ1) is 11.5. The van der Waals surface area contributed by atoms with Crippen LogP contribution < -0.4 is 5.32 Å². The van der Waals surface area contributed by atoms with Crippen molar-refractivity contribution in [1.82, 2.24) is 10.3 Å². The van der Waals surface area contributed by atoms with E-state index in [2.05, 4.69) is 28.5 Å². The lowest BCUT2D eigenvalue weighted by Gasteiger charge is -2.00. The van der Waals surface area contributed by atoms with Gasteiger partial charge in [0, 0.05) is 20.3 Å². The average Bonchev–Trinajstić information content (AvgIpc) is 2.71. The van der Waals surface area contributed by atoms with Crippen LogP contribution in [0.25, 0.3) is 10.2 Å². The molecule has 0 radical (unpaired) electrons. The predicted octanol–water partition coefficient (Wildman–Crippen LogP) is 2.42. The SMILES string of the molecule is COCCCNCc1nc2ccccc2s1. The number of aromatic nitrogens is 1. The molecule has 0 aliphatic heterocycles. The summed E-state index contributed by atoms with van der Waals surface area (Å²) in [6.07, 6.45) is 1.04. The van der Waals surface area contributed by atoms with E-state index in [1.165, 1.54) is 4.70 Å². The molecule has 86 valence electrons. The van der Waals surface area contributed by atoms with Crippen LogP contribution in [0.15, 0.2) is 24.3 Å². The monoisotopic (exact) mass is 236 g/mol. The molecule has 1 aromatic heterocycles. The standard InChI is InChI=1S/C12H16N2OS/c1-15-8-4-7-13-9-12-14-10-5-2-3-6-11(10)16-12/h2-3,5-6,13H,4,7-9H2,1H3. The number of hydrogen-bond donors (Lipinski definition) is 1. The molecular formula is C12H16N2OS. The molecule has 2 aromatic rings. The van der Waals surface area contributed by atoms with E-state index in [1.807, 2.05) is 6.07 Å². The first-order valence-electron chi connectivity index (χ1n) is 5.44. The van der Waals surface area contributed by atoms with Crippen molar-refractivity contribution in [2.75, 3.05) is 20.3 Å². The summed E-state index contributed by atoms with van der Waals surface area (Å²) in [7, 11) is 1.73. The van der Waals surface area contributed by atoms with Gasteiger partial charge in [-0.1, -0.05) is 12.1 Å². The minimum atomic E-state index is 0.812. The van der Waals surface area contributed by atoms with Gasteiger partial charge < -0.3 is 10.1 Å². The molecule has 1 N–H and O–H groups in total. The Morgan fingerprint density at radius 3 is 3.06 bits per heavy atom. The molecule has 0 unspecified atom stereocenters. The Morgan fingerprint density at radius 1 is 1.38 bits per heavy atom. The molecule has 2 rings (SSSR count). The zero-order valence-electron chi connectivity index (χ0n) is 9.40.